The van der Waals surface area contributed by atoms with Gasteiger partial charge in [0.25, 0.3) is 0 Å². The van der Waals surface area contributed by atoms with E-state index in [1.165, 1.54) is 12.8 Å². The molecule has 2 atom stereocenters. The molecule has 2 unspecified atom stereocenters. The maximum Gasteiger partial charge on any atom is 0.224 e. The first kappa shape index (κ1) is 15.7. The number of ether oxygens (including phenoxy) is 1. The smallest absolute Gasteiger partial charge is 0.224 e. The summed E-state index contributed by atoms with van der Waals surface area (Å²) in [5.74, 6) is 0.227. The zero-order chi connectivity index (χ0) is 12.3. The Morgan fingerprint density at radius 1 is 1.33 bits per heavy atom. The van der Waals surface area contributed by atoms with Crippen LogP contribution in [-0.4, -0.2) is 49.2 Å². The van der Waals surface area contributed by atoms with Gasteiger partial charge in [0.05, 0.1) is 13.0 Å². The van der Waals surface area contributed by atoms with Gasteiger partial charge in [0.1, 0.15) is 0 Å². The van der Waals surface area contributed by atoms with Gasteiger partial charge < -0.3 is 15.0 Å². The van der Waals surface area contributed by atoms with E-state index in [-0.39, 0.29) is 18.3 Å². The lowest BCUT2D eigenvalue weighted by Crippen LogP contribution is -2.48. The van der Waals surface area contributed by atoms with Gasteiger partial charge >= 0.3 is 0 Å². The fourth-order valence-electron chi connectivity index (χ4n) is 3.03. The van der Waals surface area contributed by atoms with Crippen LogP contribution in [0.3, 0.4) is 0 Å². The average Bonchev–Trinajstić information content (AvgIpc) is 2.67. The Morgan fingerprint density at radius 2 is 1.94 bits per heavy atom. The van der Waals surface area contributed by atoms with Crippen LogP contribution in [0.25, 0.3) is 0 Å². The molecule has 18 heavy (non-hydrogen) atoms. The summed E-state index contributed by atoms with van der Waals surface area (Å²) in [7, 11) is 1.95. The van der Waals surface area contributed by atoms with Gasteiger partial charge in [-0.05, 0) is 32.6 Å². The molecule has 0 radical (unpaired) electrons. The predicted octanol–water partition coefficient (Wildman–Crippen LogP) is 1.58. The molecule has 0 aromatic carbocycles. The van der Waals surface area contributed by atoms with Crippen molar-refractivity contribution in [2.45, 2.75) is 57.2 Å². The minimum Gasteiger partial charge on any atom is -0.381 e. The number of hydrogen-bond donors (Lipinski definition) is 1. The van der Waals surface area contributed by atoms with Crippen LogP contribution in [0.5, 0.6) is 0 Å². The number of piperidine rings is 1. The largest absolute Gasteiger partial charge is 0.381 e. The normalized spacial score (nSPS) is 29.8. The summed E-state index contributed by atoms with van der Waals surface area (Å²) in [5.41, 5.74) is 0. The van der Waals surface area contributed by atoms with Crippen LogP contribution in [0.15, 0.2) is 0 Å². The van der Waals surface area contributed by atoms with Crippen molar-refractivity contribution in [2.75, 3.05) is 20.3 Å². The molecular formula is C13H25ClN2O2. The topological polar surface area (TPSA) is 41.6 Å². The monoisotopic (exact) mass is 276 g/mol. The molecule has 1 N–H and O–H groups in total. The first-order chi connectivity index (χ1) is 8.20. The lowest BCUT2D eigenvalue weighted by atomic mass is 9.98. The van der Waals surface area contributed by atoms with E-state index in [4.69, 9.17) is 4.74 Å². The quantitative estimate of drug-likeness (QED) is 0.775. The van der Waals surface area contributed by atoms with Gasteiger partial charge in [-0.3, -0.25) is 4.79 Å². The third kappa shape index (κ3) is 3.84. The summed E-state index contributed by atoms with van der Waals surface area (Å²) in [6.07, 6.45) is 5.31. The highest BCUT2D eigenvalue weighted by Crippen LogP contribution is 2.29. The summed E-state index contributed by atoms with van der Waals surface area (Å²) in [5, 5.41) is 3.60. The molecule has 2 fully saturated rings. The summed E-state index contributed by atoms with van der Waals surface area (Å²) in [4.78, 5) is 13.9. The van der Waals surface area contributed by atoms with Gasteiger partial charge in [0.2, 0.25) is 5.91 Å². The van der Waals surface area contributed by atoms with Crippen molar-refractivity contribution >= 4 is 18.3 Å². The number of nitrogens with zero attached hydrogens (tertiary/aromatic N) is 1. The van der Waals surface area contributed by atoms with E-state index in [1.807, 2.05) is 18.9 Å². The van der Waals surface area contributed by atoms with Gasteiger partial charge in [-0.15, -0.1) is 12.4 Å². The molecule has 0 spiro atoms. The molecule has 1 amide bonds. The Balaban J connectivity index is 0.00000162. The first-order valence-electron chi connectivity index (χ1n) is 6.80. The first-order valence-corrected chi connectivity index (χ1v) is 6.80. The fourth-order valence-corrected chi connectivity index (χ4v) is 3.03. The van der Waals surface area contributed by atoms with Gasteiger partial charge in [0.15, 0.2) is 0 Å². The van der Waals surface area contributed by atoms with Gasteiger partial charge in [-0.25, -0.2) is 0 Å². The molecule has 4 nitrogen and oxygen atoms in total. The third-order valence-corrected chi connectivity index (χ3v) is 4.05. The second-order valence-electron chi connectivity index (χ2n) is 5.21. The molecule has 2 bridgehead atoms. The van der Waals surface area contributed by atoms with Crippen molar-refractivity contribution in [3.05, 3.63) is 0 Å². The summed E-state index contributed by atoms with van der Waals surface area (Å²) in [6.45, 7) is 3.20. The molecule has 106 valence electrons. The second-order valence-corrected chi connectivity index (χ2v) is 5.21. The predicted molar refractivity (Wildman–Crippen MR) is 74.1 cm³/mol. The van der Waals surface area contributed by atoms with Crippen LogP contribution in [0.2, 0.25) is 0 Å². The molecule has 2 aliphatic rings. The Kier molecular flexibility index (Phi) is 6.39. The number of nitrogens with one attached hydrogen (secondary N) is 1. The average molecular weight is 277 g/mol. The highest BCUT2D eigenvalue weighted by Gasteiger charge is 2.36. The summed E-state index contributed by atoms with van der Waals surface area (Å²) in [6, 6.07) is 1.71. The molecule has 0 aromatic rings. The van der Waals surface area contributed by atoms with Crippen molar-refractivity contribution in [1.82, 2.24) is 10.2 Å². The maximum absolute atomic E-state index is 12.0. The van der Waals surface area contributed by atoms with Crippen LogP contribution in [0.1, 0.15) is 39.0 Å². The number of fused-ring (bicyclic) bond motifs is 2. The van der Waals surface area contributed by atoms with Gasteiger partial charge in [-0.1, -0.05) is 0 Å². The molecule has 0 aromatic heterocycles. The molecule has 2 saturated heterocycles. The zero-order valence-corrected chi connectivity index (χ0v) is 12.2. The SMILES string of the molecule is CCOCCC(=O)N(C)C1CC2CCC(C1)N2.Cl. The number of amides is 1. The minimum atomic E-state index is 0. The lowest BCUT2D eigenvalue weighted by molar-refractivity contribution is -0.133. The van der Waals surface area contributed by atoms with Crippen molar-refractivity contribution in [3.8, 4) is 0 Å². The highest BCUT2D eigenvalue weighted by molar-refractivity contribution is 5.85. The summed E-state index contributed by atoms with van der Waals surface area (Å²) >= 11 is 0. The molecule has 2 heterocycles. The number of rotatable bonds is 5. The third-order valence-electron chi connectivity index (χ3n) is 4.05. The van der Waals surface area contributed by atoms with Crippen molar-refractivity contribution in [3.63, 3.8) is 0 Å². The molecule has 0 saturated carbocycles. The molecule has 2 rings (SSSR count). The van der Waals surface area contributed by atoms with E-state index in [2.05, 4.69) is 5.32 Å². The van der Waals surface area contributed by atoms with Crippen LogP contribution in [-0.2, 0) is 9.53 Å². The van der Waals surface area contributed by atoms with Gasteiger partial charge in [-0.2, -0.15) is 0 Å². The fraction of sp³-hybridized carbons (Fsp3) is 0.923. The molecule has 2 aliphatic heterocycles. The molecular weight excluding hydrogens is 252 g/mol. The van der Waals surface area contributed by atoms with Crippen LogP contribution in [0.4, 0.5) is 0 Å². The van der Waals surface area contributed by atoms with Gasteiger partial charge in [0, 0.05) is 31.8 Å². The standard InChI is InChI=1S/C13H24N2O2.ClH/c1-3-17-7-6-13(16)15(2)12-8-10-4-5-11(9-12)14-10;/h10-12,14H,3-9H2,1-2H3;1H. The van der Waals surface area contributed by atoms with E-state index in [0.29, 0.717) is 37.8 Å². The highest BCUT2D eigenvalue weighted by atomic mass is 35.5. The summed E-state index contributed by atoms with van der Waals surface area (Å²) < 4.78 is 5.24. The Labute approximate surface area is 116 Å². The van der Waals surface area contributed by atoms with Crippen LogP contribution in [0, 0.1) is 0 Å². The molecule has 0 aliphatic carbocycles. The van der Waals surface area contributed by atoms with E-state index >= 15 is 0 Å². The van der Waals surface area contributed by atoms with Crippen molar-refractivity contribution in [1.29, 1.82) is 0 Å². The van der Waals surface area contributed by atoms with E-state index in [9.17, 15) is 4.79 Å². The van der Waals surface area contributed by atoms with E-state index < -0.39 is 0 Å². The number of carbonyl (C=O) groups excluding carboxylic acids is 1. The number of carbonyl (C=O) groups is 1. The maximum atomic E-state index is 12.0. The Bertz CT molecular complexity index is 264. The van der Waals surface area contributed by atoms with Crippen molar-refractivity contribution < 1.29 is 9.53 Å². The zero-order valence-electron chi connectivity index (χ0n) is 11.4. The number of halogens is 1. The van der Waals surface area contributed by atoms with Crippen molar-refractivity contribution in [2.24, 2.45) is 0 Å². The lowest BCUT2D eigenvalue weighted by Gasteiger charge is -2.35. The Morgan fingerprint density at radius 3 is 2.50 bits per heavy atom. The van der Waals surface area contributed by atoms with E-state index in [1.54, 1.807) is 0 Å². The van der Waals surface area contributed by atoms with Crippen LogP contribution >= 0.6 is 12.4 Å². The molecule has 5 heteroatoms. The minimum absolute atomic E-state index is 0. The number of hydrogen-bond acceptors (Lipinski definition) is 3. The van der Waals surface area contributed by atoms with E-state index in [0.717, 1.165) is 12.8 Å². The Hall–Kier alpha value is -0.320. The second kappa shape index (κ2) is 7.31. The van der Waals surface area contributed by atoms with Crippen LogP contribution < -0.4 is 5.32 Å².